The van der Waals surface area contributed by atoms with Crippen molar-refractivity contribution < 1.29 is 9.53 Å². The Morgan fingerprint density at radius 3 is 2.69 bits per heavy atom. The molecule has 1 aliphatic rings. The molecule has 1 aliphatic heterocycles. The summed E-state index contributed by atoms with van der Waals surface area (Å²) in [6.45, 7) is 6.61. The quantitative estimate of drug-likeness (QED) is 0.659. The highest BCUT2D eigenvalue weighted by Gasteiger charge is 2.28. The summed E-state index contributed by atoms with van der Waals surface area (Å²) in [6, 6.07) is 0.344. The van der Waals surface area contributed by atoms with Gasteiger partial charge < -0.3 is 10.1 Å². The van der Waals surface area contributed by atoms with Gasteiger partial charge in [-0.3, -0.25) is 4.79 Å². The molecule has 0 bridgehead atoms. The van der Waals surface area contributed by atoms with Crippen LogP contribution in [0.25, 0.3) is 0 Å². The van der Waals surface area contributed by atoms with Gasteiger partial charge in [-0.05, 0) is 32.6 Å². The molecule has 13 heavy (non-hydrogen) atoms. The van der Waals surface area contributed by atoms with Crippen molar-refractivity contribution in [2.24, 2.45) is 5.92 Å². The lowest BCUT2D eigenvalue weighted by Gasteiger charge is -2.31. The number of nitrogens with one attached hydrogen (secondary N) is 1. The molecule has 3 atom stereocenters. The molecule has 1 fully saturated rings. The Balaban J connectivity index is 2.45. The van der Waals surface area contributed by atoms with Crippen LogP contribution in [0.2, 0.25) is 0 Å². The molecular weight excluding hydrogens is 166 g/mol. The van der Waals surface area contributed by atoms with E-state index in [1.807, 2.05) is 6.92 Å². The van der Waals surface area contributed by atoms with Crippen molar-refractivity contribution in [1.29, 1.82) is 0 Å². The fourth-order valence-electron chi connectivity index (χ4n) is 1.99. The maximum Gasteiger partial charge on any atom is 0.323 e. The minimum absolute atomic E-state index is 0.0845. The van der Waals surface area contributed by atoms with E-state index in [-0.39, 0.29) is 12.0 Å². The summed E-state index contributed by atoms with van der Waals surface area (Å²) in [5.41, 5.74) is 0. The zero-order valence-electron chi connectivity index (χ0n) is 8.67. The summed E-state index contributed by atoms with van der Waals surface area (Å²) >= 11 is 0. The van der Waals surface area contributed by atoms with Crippen LogP contribution in [0.5, 0.6) is 0 Å². The lowest BCUT2D eigenvalue weighted by Crippen LogP contribution is -2.48. The minimum Gasteiger partial charge on any atom is -0.465 e. The van der Waals surface area contributed by atoms with Crippen LogP contribution >= 0.6 is 0 Å². The standard InChI is InChI=1S/C10H19NO2/c1-4-13-10(12)9-6-7(2)5-8(3)11-9/h7-9,11H,4-6H2,1-3H3/t7-,8+,9+/m1/s1. The summed E-state index contributed by atoms with van der Waals surface area (Å²) in [4.78, 5) is 11.4. The summed E-state index contributed by atoms with van der Waals surface area (Å²) in [6.07, 6.45) is 2.05. The molecule has 0 aromatic heterocycles. The average molecular weight is 185 g/mol. The molecule has 3 heteroatoms. The monoisotopic (exact) mass is 185 g/mol. The molecule has 1 heterocycles. The lowest BCUT2D eigenvalue weighted by atomic mass is 9.90. The van der Waals surface area contributed by atoms with E-state index in [1.165, 1.54) is 0 Å². The van der Waals surface area contributed by atoms with Crippen LogP contribution < -0.4 is 5.32 Å². The third kappa shape index (κ3) is 2.99. The van der Waals surface area contributed by atoms with E-state index in [9.17, 15) is 4.79 Å². The van der Waals surface area contributed by atoms with Gasteiger partial charge in [0.1, 0.15) is 6.04 Å². The first kappa shape index (κ1) is 10.5. The number of piperidine rings is 1. The number of carbonyl (C=O) groups excluding carboxylic acids is 1. The summed E-state index contributed by atoms with van der Waals surface area (Å²) < 4.78 is 4.98. The first-order chi connectivity index (χ1) is 6.13. The van der Waals surface area contributed by atoms with Crippen molar-refractivity contribution in [2.75, 3.05) is 6.61 Å². The van der Waals surface area contributed by atoms with Crippen LogP contribution in [-0.4, -0.2) is 24.7 Å². The number of hydrogen-bond donors (Lipinski definition) is 1. The highest BCUT2D eigenvalue weighted by atomic mass is 16.5. The normalized spacial score (nSPS) is 34.2. The Morgan fingerprint density at radius 2 is 2.15 bits per heavy atom. The molecule has 0 spiro atoms. The maximum absolute atomic E-state index is 11.4. The van der Waals surface area contributed by atoms with Crippen LogP contribution in [0, 0.1) is 5.92 Å². The van der Waals surface area contributed by atoms with E-state index in [0.29, 0.717) is 18.6 Å². The third-order valence-corrected chi connectivity index (χ3v) is 2.45. The second kappa shape index (κ2) is 4.61. The van der Waals surface area contributed by atoms with Gasteiger partial charge in [0, 0.05) is 6.04 Å². The second-order valence-electron chi connectivity index (χ2n) is 3.95. The average Bonchev–Trinajstić information content (AvgIpc) is 2.03. The number of rotatable bonds is 2. The zero-order chi connectivity index (χ0) is 9.84. The molecular formula is C10H19NO2. The highest BCUT2D eigenvalue weighted by Crippen LogP contribution is 2.19. The maximum atomic E-state index is 11.4. The number of ether oxygens (including phenoxy) is 1. The van der Waals surface area contributed by atoms with Gasteiger partial charge >= 0.3 is 5.97 Å². The largest absolute Gasteiger partial charge is 0.465 e. The van der Waals surface area contributed by atoms with Gasteiger partial charge in [-0.15, -0.1) is 0 Å². The van der Waals surface area contributed by atoms with Crippen LogP contribution in [-0.2, 0) is 9.53 Å². The van der Waals surface area contributed by atoms with Gasteiger partial charge in [0.15, 0.2) is 0 Å². The van der Waals surface area contributed by atoms with Crippen LogP contribution in [0.4, 0.5) is 0 Å². The molecule has 0 aromatic rings. The Labute approximate surface area is 79.8 Å². The van der Waals surface area contributed by atoms with E-state index >= 15 is 0 Å². The smallest absolute Gasteiger partial charge is 0.323 e. The minimum atomic E-state index is -0.0964. The van der Waals surface area contributed by atoms with Gasteiger partial charge in [-0.25, -0.2) is 0 Å². The van der Waals surface area contributed by atoms with Gasteiger partial charge in [-0.1, -0.05) is 6.92 Å². The molecule has 0 radical (unpaired) electrons. The molecule has 0 aromatic carbocycles. The Morgan fingerprint density at radius 1 is 1.46 bits per heavy atom. The predicted molar refractivity (Wildman–Crippen MR) is 51.4 cm³/mol. The Kier molecular flexibility index (Phi) is 3.72. The van der Waals surface area contributed by atoms with Gasteiger partial charge in [-0.2, -0.15) is 0 Å². The van der Waals surface area contributed by atoms with Crippen molar-refractivity contribution in [1.82, 2.24) is 5.32 Å². The molecule has 76 valence electrons. The van der Waals surface area contributed by atoms with E-state index in [0.717, 1.165) is 12.8 Å². The van der Waals surface area contributed by atoms with Crippen molar-refractivity contribution in [3.8, 4) is 0 Å². The van der Waals surface area contributed by atoms with Crippen molar-refractivity contribution in [2.45, 2.75) is 45.7 Å². The summed E-state index contributed by atoms with van der Waals surface area (Å²) in [5, 5.41) is 3.26. The molecule has 0 aliphatic carbocycles. The Hall–Kier alpha value is -0.570. The van der Waals surface area contributed by atoms with Crippen molar-refractivity contribution in [3.05, 3.63) is 0 Å². The fraction of sp³-hybridized carbons (Fsp3) is 0.900. The molecule has 1 saturated heterocycles. The van der Waals surface area contributed by atoms with Crippen LogP contribution in [0.1, 0.15) is 33.6 Å². The third-order valence-electron chi connectivity index (χ3n) is 2.45. The lowest BCUT2D eigenvalue weighted by molar-refractivity contribution is -0.147. The SMILES string of the molecule is CCOC(=O)[C@@H]1C[C@H](C)C[C@H](C)N1. The second-order valence-corrected chi connectivity index (χ2v) is 3.95. The van der Waals surface area contributed by atoms with Gasteiger partial charge in [0.25, 0.3) is 0 Å². The van der Waals surface area contributed by atoms with E-state index in [1.54, 1.807) is 0 Å². The summed E-state index contributed by atoms with van der Waals surface area (Å²) in [7, 11) is 0. The summed E-state index contributed by atoms with van der Waals surface area (Å²) in [5.74, 6) is 0.520. The molecule has 0 unspecified atom stereocenters. The highest BCUT2D eigenvalue weighted by molar-refractivity contribution is 5.75. The van der Waals surface area contributed by atoms with Crippen LogP contribution in [0.15, 0.2) is 0 Å². The molecule has 1 N–H and O–H groups in total. The van der Waals surface area contributed by atoms with Crippen molar-refractivity contribution in [3.63, 3.8) is 0 Å². The topological polar surface area (TPSA) is 38.3 Å². The van der Waals surface area contributed by atoms with Gasteiger partial charge in [0.05, 0.1) is 6.61 Å². The number of esters is 1. The first-order valence-electron chi connectivity index (χ1n) is 5.06. The molecule has 3 nitrogen and oxygen atoms in total. The van der Waals surface area contributed by atoms with E-state index < -0.39 is 0 Å². The van der Waals surface area contributed by atoms with Crippen molar-refractivity contribution >= 4 is 5.97 Å². The van der Waals surface area contributed by atoms with E-state index in [2.05, 4.69) is 19.2 Å². The number of hydrogen-bond acceptors (Lipinski definition) is 3. The Bertz CT molecular complexity index is 172. The van der Waals surface area contributed by atoms with Crippen LogP contribution in [0.3, 0.4) is 0 Å². The molecule has 0 amide bonds. The fourth-order valence-corrected chi connectivity index (χ4v) is 1.99. The van der Waals surface area contributed by atoms with Gasteiger partial charge in [0.2, 0.25) is 0 Å². The number of carbonyl (C=O) groups is 1. The first-order valence-corrected chi connectivity index (χ1v) is 5.06. The zero-order valence-corrected chi connectivity index (χ0v) is 8.67. The molecule has 0 saturated carbocycles. The van der Waals surface area contributed by atoms with E-state index in [4.69, 9.17) is 4.74 Å². The molecule has 1 rings (SSSR count). The predicted octanol–water partition coefficient (Wildman–Crippen LogP) is 1.33.